The van der Waals surface area contributed by atoms with Crippen molar-refractivity contribution in [3.8, 4) is 0 Å². The number of carbonyl (C=O) groups excluding carboxylic acids is 3. The molecule has 0 amide bonds. The van der Waals surface area contributed by atoms with Gasteiger partial charge in [0.25, 0.3) is 0 Å². The Morgan fingerprint density at radius 1 is 0.250 bits per heavy atom. The van der Waals surface area contributed by atoms with E-state index in [0.717, 1.165) is 77.0 Å². The first-order valence-electron chi connectivity index (χ1n) is 35.3. The largest absolute Gasteiger partial charge is 0.462 e. The Morgan fingerprint density at radius 3 is 0.700 bits per heavy atom. The Labute approximate surface area is 498 Å². The molecule has 0 aliphatic heterocycles. The molecule has 0 radical (unpaired) electrons. The van der Waals surface area contributed by atoms with Crippen LogP contribution in [-0.2, 0) is 28.6 Å². The lowest BCUT2D eigenvalue weighted by atomic mass is 10.0. The van der Waals surface area contributed by atoms with Gasteiger partial charge < -0.3 is 14.2 Å². The molecule has 1 unspecified atom stereocenters. The van der Waals surface area contributed by atoms with Gasteiger partial charge in [0.1, 0.15) is 13.2 Å². The van der Waals surface area contributed by atoms with Gasteiger partial charge in [-0.15, -0.1) is 0 Å². The monoisotopic (exact) mass is 1120 g/mol. The van der Waals surface area contributed by atoms with Crippen LogP contribution in [0.5, 0.6) is 0 Å². The Hall–Kier alpha value is -2.89. The highest BCUT2D eigenvalue weighted by Crippen LogP contribution is 2.18. The number of rotatable bonds is 65. The van der Waals surface area contributed by atoms with Crippen LogP contribution in [0, 0.1) is 0 Å². The van der Waals surface area contributed by atoms with E-state index in [0.29, 0.717) is 19.3 Å². The van der Waals surface area contributed by atoms with E-state index >= 15 is 0 Å². The molecule has 0 aliphatic carbocycles. The lowest BCUT2D eigenvalue weighted by Crippen LogP contribution is -2.30. The molecule has 0 aromatic rings. The van der Waals surface area contributed by atoms with Crippen LogP contribution in [0.2, 0.25) is 0 Å². The molecule has 0 heterocycles. The third kappa shape index (κ3) is 65.9. The highest BCUT2D eigenvalue weighted by molar-refractivity contribution is 5.71. The summed E-state index contributed by atoms with van der Waals surface area (Å²) in [6.45, 7) is 6.61. The molecule has 0 aromatic heterocycles. The number of ether oxygens (including phenoxy) is 3. The number of carbonyl (C=O) groups is 3. The fraction of sp³-hybridized carbons (Fsp3) is 0.824. The third-order valence-corrected chi connectivity index (χ3v) is 15.7. The van der Waals surface area contributed by atoms with Crippen LogP contribution in [0.1, 0.15) is 374 Å². The van der Waals surface area contributed by atoms with Gasteiger partial charge in [0, 0.05) is 19.3 Å². The van der Waals surface area contributed by atoms with Gasteiger partial charge in [-0.3, -0.25) is 14.4 Å². The molecule has 80 heavy (non-hydrogen) atoms. The molecule has 6 nitrogen and oxygen atoms in total. The van der Waals surface area contributed by atoms with Gasteiger partial charge in [0.2, 0.25) is 0 Å². The van der Waals surface area contributed by atoms with E-state index in [9.17, 15) is 14.4 Å². The van der Waals surface area contributed by atoms with Crippen LogP contribution < -0.4 is 0 Å². The number of unbranched alkanes of at least 4 members (excludes halogenated alkanes) is 44. The van der Waals surface area contributed by atoms with Crippen LogP contribution in [0.4, 0.5) is 0 Å². The van der Waals surface area contributed by atoms with Crippen molar-refractivity contribution < 1.29 is 28.6 Å². The van der Waals surface area contributed by atoms with Gasteiger partial charge in [0.05, 0.1) is 0 Å². The van der Waals surface area contributed by atoms with E-state index in [1.54, 1.807) is 0 Å². The van der Waals surface area contributed by atoms with E-state index in [2.05, 4.69) is 81.5 Å². The summed E-state index contributed by atoms with van der Waals surface area (Å²) in [4.78, 5) is 38.1. The minimum atomic E-state index is -0.771. The van der Waals surface area contributed by atoms with Crippen molar-refractivity contribution in [2.75, 3.05) is 13.2 Å². The first kappa shape index (κ1) is 77.1. The summed E-state index contributed by atoms with van der Waals surface area (Å²) in [6.07, 6.45) is 88.6. The summed E-state index contributed by atoms with van der Waals surface area (Å²) in [5.74, 6) is -0.861. The first-order valence-corrected chi connectivity index (χ1v) is 35.3. The number of allylic oxidation sites excluding steroid dienone is 10. The van der Waals surface area contributed by atoms with Gasteiger partial charge in [-0.05, 0) is 89.9 Å². The molecule has 0 aliphatic rings. The van der Waals surface area contributed by atoms with Crippen LogP contribution in [0.25, 0.3) is 0 Å². The fourth-order valence-corrected chi connectivity index (χ4v) is 10.4. The maximum absolute atomic E-state index is 12.9. The van der Waals surface area contributed by atoms with Crippen molar-refractivity contribution in [2.45, 2.75) is 380 Å². The molecule has 0 spiro atoms. The zero-order valence-corrected chi connectivity index (χ0v) is 53.6. The summed E-state index contributed by atoms with van der Waals surface area (Å²) in [7, 11) is 0. The molecule has 0 N–H and O–H groups in total. The van der Waals surface area contributed by atoms with Crippen LogP contribution >= 0.6 is 0 Å². The van der Waals surface area contributed by atoms with Gasteiger partial charge in [-0.2, -0.15) is 0 Å². The Balaban J connectivity index is 4.01. The number of hydrogen-bond acceptors (Lipinski definition) is 6. The molecule has 6 heteroatoms. The molecule has 0 saturated heterocycles. The lowest BCUT2D eigenvalue weighted by molar-refractivity contribution is -0.167. The second-order valence-corrected chi connectivity index (χ2v) is 23.8. The van der Waals surface area contributed by atoms with E-state index in [4.69, 9.17) is 14.2 Å². The zero-order valence-electron chi connectivity index (χ0n) is 53.6. The zero-order chi connectivity index (χ0) is 57.8. The van der Waals surface area contributed by atoms with Crippen LogP contribution in [-0.4, -0.2) is 37.2 Å². The smallest absolute Gasteiger partial charge is 0.306 e. The SMILES string of the molecule is CCCCCCC/C=C\C/C=C\C/C=C\CCCCCCCCCCCCCCCCC(=O)OCC(COC(=O)CCCCCCCC)OC(=O)CCCCCCCCCCCCCCCCC/C=C\C/C=C\CCCCCCC. The van der Waals surface area contributed by atoms with Crippen molar-refractivity contribution in [1.29, 1.82) is 0 Å². The van der Waals surface area contributed by atoms with Crippen molar-refractivity contribution in [3.63, 3.8) is 0 Å². The minimum Gasteiger partial charge on any atom is -0.462 e. The lowest BCUT2D eigenvalue weighted by Gasteiger charge is -2.18. The molecule has 0 rings (SSSR count). The van der Waals surface area contributed by atoms with Gasteiger partial charge >= 0.3 is 17.9 Å². The van der Waals surface area contributed by atoms with Crippen molar-refractivity contribution in [3.05, 3.63) is 60.8 Å². The maximum atomic E-state index is 12.9. The van der Waals surface area contributed by atoms with Gasteiger partial charge in [0.15, 0.2) is 6.10 Å². The summed E-state index contributed by atoms with van der Waals surface area (Å²) < 4.78 is 16.9. The average molecular weight is 1120 g/mol. The molecular formula is C74H134O6. The summed E-state index contributed by atoms with van der Waals surface area (Å²) in [5, 5.41) is 0. The second-order valence-electron chi connectivity index (χ2n) is 23.8. The molecule has 466 valence electrons. The molecule has 0 bridgehead atoms. The Kier molecular flexibility index (Phi) is 66.1. The van der Waals surface area contributed by atoms with Crippen molar-refractivity contribution >= 4 is 17.9 Å². The van der Waals surface area contributed by atoms with E-state index in [1.807, 2.05) is 0 Å². The summed E-state index contributed by atoms with van der Waals surface area (Å²) in [6, 6.07) is 0. The fourth-order valence-electron chi connectivity index (χ4n) is 10.4. The summed E-state index contributed by atoms with van der Waals surface area (Å²) in [5.41, 5.74) is 0. The molecule has 0 saturated carbocycles. The van der Waals surface area contributed by atoms with Crippen molar-refractivity contribution in [2.24, 2.45) is 0 Å². The Bertz CT molecular complexity index is 1430. The summed E-state index contributed by atoms with van der Waals surface area (Å²) >= 11 is 0. The van der Waals surface area contributed by atoms with Gasteiger partial charge in [-0.25, -0.2) is 0 Å². The van der Waals surface area contributed by atoms with Gasteiger partial charge in [-0.1, -0.05) is 326 Å². The maximum Gasteiger partial charge on any atom is 0.306 e. The second kappa shape index (κ2) is 68.6. The average Bonchev–Trinajstić information content (AvgIpc) is 3.46. The topological polar surface area (TPSA) is 78.9 Å². The molecule has 0 fully saturated rings. The predicted octanol–water partition coefficient (Wildman–Crippen LogP) is 24.3. The van der Waals surface area contributed by atoms with Crippen molar-refractivity contribution in [1.82, 2.24) is 0 Å². The normalized spacial score (nSPS) is 12.4. The standard InChI is InChI=1S/C74H134O6/c1-4-7-10-13-16-18-20-22-24-26-28-30-32-34-36-37-39-40-42-44-46-48-50-52-54-56-58-61-64-67-73(76)79-70-71(69-78-72(75)66-63-60-15-12-9-6-3)80-74(77)68-65-62-59-57-55-53-51-49-47-45-43-41-38-35-33-31-29-27-25-23-21-19-17-14-11-8-5-2/h20-23,26-29,32,34,71H,4-19,24-25,30-31,33,35-70H2,1-3H3/b22-20-,23-21-,28-26-,29-27-,34-32-. The molecule has 0 aromatic carbocycles. The quantitative estimate of drug-likeness (QED) is 0.0261. The minimum absolute atomic E-state index is 0.0707. The van der Waals surface area contributed by atoms with E-state index < -0.39 is 6.10 Å². The third-order valence-electron chi connectivity index (χ3n) is 15.7. The van der Waals surface area contributed by atoms with Crippen LogP contribution in [0.3, 0.4) is 0 Å². The highest BCUT2D eigenvalue weighted by atomic mass is 16.6. The van der Waals surface area contributed by atoms with E-state index in [1.165, 1.54) is 257 Å². The highest BCUT2D eigenvalue weighted by Gasteiger charge is 2.19. The number of esters is 3. The first-order chi connectivity index (χ1) is 39.5. The van der Waals surface area contributed by atoms with Crippen LogP contribution in [0.15, 0.2) is 60.8 Å². The predicted molar refractivity (Wildman–Crippen MR) is 348 cm³/mol. The molecule has 1 atom stereocenters. The van der Waals surface area contributed by atoms with E-state index in [-0.39, 0.29) is 31.1 Å². The number of hydrogen-bond donors (Lipinski definition) is 0. The molecular weight excluding hydrogens is 985 g/mol. The Morgan fingerprint density at radius 2 is 0.450 bits per heavy atom.